The molecule has 3 heteroatoms. The van der Waals surface area contributed by atoms with Crippen LogP contribution >= 0.6 is 0 Å². The summed E-state index contributed by atoms with van der Waals surface area (Å²) in [5.41, 5.74) is 0. The lowest BCUT2D eigenvalue weighted by atomic mass is 9.98. The molecule has 3 nitrogen and oxygen atoms in total. The monoisotopic (exact) mass is 240 g/mol. The molecule has 0 aromatic heterocycles. The fourth-order valence-corrected chi connectivity index (χ4v) is 1.96. The molecular formula is C14H28N2O. The number of carbonyl (C=O) groups is 1. The van der Waals surface area contributed by atoms with Crippen LogP contribution in [0.4, 0.5) is 0 Å². The number of amides is 1. The van der Waals surface area contributed by atoms with E-state index in [1.165, 1.54) is 25.7 Å². The van der Waals surface area contributed by atoms with Gasteiger partial charge in [-0.3, -0.25) is 4.79 Å². The first kappa shape index (κ1) is 14.5. The van der Waals surface area contributed by atoms with E-state index in [0.717, 1.165) is 18.9 Å². The van der Waals surface area contributed by atoms with Crippen LogP contribution in [-0.2, 0) is 4.79 Å². The first-order valence-corrected chi connectivity index (χ1v) is 7.18. The Bertz CT molecular complexity index is 226. The molecule has 1 aliphatic carbocycles. The van der Waals surface area contributed by atoms with Gasteiger partial charge in [0.2, 0.25) is 5.91 Å². The van der Waals surface area contributed by atoms with Crippen molar-refractivity contribution in [1.82, 2.24) is 10.6 Å². The Balaban J connectivity index is 2.07. The Hall–Kier alpha value is -0.570. The van der Waals surface area contributed by atoms with Crippen molar-refractivity contribution in [3.8, 4) is 0 Å². The molecule has 0 aromatic rings. The van der Waals surface area contributed by atoms with Crippen LogP contribution in [0.25, 0.3) is 0 Å². The summed E-state index contributed by atoms with van der Waals surface area (Å²) in [4.78, 5) is 11.5. The molecule has 0 radical (unpaired) electrons. The van der Waals surface area contributed by atoms with Crippen LogP contribution in [0.1, 0.15) is 59.3 Å². The lowest BCUT2D eigenvalue weighted by Gasteiger charge is -2.20. The fourth-order valence-electron chi connectivity index (χ4n) is 1.96. The molecule has 0 aromatic carbocycles. The highest BCUT2D eigenvalue weighted by atomic mass is 16.1. The maximum Gasteiger partial charge on any atom is 0.221 e. The van der Waals surface area contributed by atoms with E-state index in [-0.39, 0.29) is 5.91 Å². The Labute approximate surface area is 106 Å². The van der Waals surface area contributed by atoms with E-state index in [2.05, 4.69) is 31.4 Å². The van der Waals surface area contributed by atoms with Gasteiger partial charge in [0, 0.05) is 25.0 Å². The maximum atomic E-state index is 11.5. The molecule has 0 aliphatic heterocycles. The predicted octanol–water partition coefficient (Wildman–Crippen LogP) is 2.46. The Kier molecular flexibility index (Phi) is 6.56. The number of hydrogen-bond acceptors (Lipinski definition) is 2. The first-order chi connectivity index (χ1) is 8.15. The summed E-state index contributed by atoms with van der Waals surface area (Å²) in [6.45, 7) is 7.56. The fraction of sp³-hybridized carbons (Fsp3) is 0.929. The van der Waals surface area contributed by atoms with E-state index in [9.17, 15) is 4.79 Å². The molecule has 1 amide bonds. The van der Waals surface area contributed by atoms with Gasteiger partial charge in [-0.15, -0.1) is 0 Å². The molecule has 0 bridgehead atoms. The molecule has 0 saturated heterocycles. The van der Waals surface area contributed by atoms with Crippen LogP contribution in [0.3, 0.4) is 0 Å². The van der Waals surface area contributed by atoms with E-state index in [0.29, 0.717) is 18.5 Å². The highest BCUT2D eigenvalue weighted by Crippen LogP contribution is 2.18. The van der Waals surface area contributed by atoms with Gasteiger partial charge in [0.1, 0.15) is 0 Å². The van der Waals surface area contributed by atoms with Crippen molar-refractivity contribution in [3.05, 3.63) is 0 Å². The molecule has 2 N–H and O–H groups in total. The SMILES string of the molecule is CCC(C)CC(CC)NCCC(=O)NC1CC1. The number of carbonyl (C=O) groups excluding carboxylic acids is 1. The van der Waals surface area contributed by atoms with Crippen molar-refractivity contribution >= 4 is 5.91 Å². The summed E-state index contributed by atoms with van der Waals surface area (Å²) in [6.07, 6.45) is 6.56. The third-order valence-corrected chi connectivity index (χ3v) is 3.60. The standard InChI is InChI=1S/C14H28N2O/c1-4-11(3)10-12(5-2)15-9-8-14(17)16-13-6-7-13/h11-13,15H,4-10H2,1-3H3,(H,16,17). The molecule has 1 saturated carbocycles. The van der Waals surface area contributed by atoms with E-state index in [1.54, 1.807) is 0 Å². The van der Waals surface area contributed by atoms with Crippen molar-refractivity contribution in [3.63, 3.8) is 0 Å². The average molecular weight is 240 g/mol. The van der Waals surface area contributed by atoms with Crippen molar-refractivity contribution in [2.45, 2.75) is 71.4 Å². The van der Waals surface area contributed by atoms with Gasteiger partial charge in [-0.1, -0.05) is 27.2 Å². The topological polar surface area (TPSA) is 41.1 Å². The normalized spacial score (nSPS) is 18.8. The smallest absolute Gasteiger partial charge is 0.221 e. The second kappa shape index (κ2) is 7.70. The van der Waals surface area contributed by atoms with Gasteiger partial charge in [0.15, 0.2) is 0 Å². The second-order valence-electron chi connectivity index (χ2n) is 5.40. The van der Waals surface area contributed by atoms with Crippen molar-refractivity contribution in [2.75, 3.05) is 6.54 Å². The van der Waals surface area contributed by atoms with Crippen molar-refractivity contribution in [1.29, 1.82) is 0 Å². The van der Waals surface area contributed by atoms with Gasteiger partial charge in [-0.2, -0.15) is 0 Å². The number of rotatable bonds is 9. The summed E-state index contributed by atoms with van der Waals surface area (Å²) in [6, 6.07) is 1.06. The zero-order valence-corrected chi connectivity index (χ0v) is 11.6. The lowest BCUT2D eigenvalue weighted by molar-refractivity contribution is -0.121. The zero-order valence-electron chi connectivity index (χ0n) is 11.6. The van der Waals surface area contributed by atoms with Gasteiger partial charge in [0.25, 0.3) is 0 Å². The molecule has 0 heterocycles. The summed E-state index contributed by atoms with van der Waals surface area (Å²) in [5.74, 6) is 0.978. The van der Waals surface area contributed by atoms with E-state index in [4.69, 9.17) is 0 Å². The Morgan fingerprint density at radius 1 is 1.29 bits per heavy atom. The minimum Gasteiger partial charge on any atom is -0.353 e. The molecule has 1 fully saturated rings. The zero-order chi connectivity index (χ0) is 12.7. The average Bonchev–Trinajstić information content (AvgIpc) is 3.11. The maximum absolute atomic E-state index is 11.5. The van der Waals surface area contributed by atoms with Crippen molar-refractivity contribution in [2.24, 2.45) is 5.92 Å². The number of nitrogens with one attached hydrogen (secondary N) is 2. The minimum atomic E-state index is 0.207. The Morgan fingerprint density at radius 3 is 2.53 bits per heavy atom. The van der Waals surface area contributed by atoms with Gasteiger partial charge in [-0.25, -0.2) is 0 Å². The molecule has 2 atom stereocenters. The lowest BCUT2D eigenvalue weighted by Crippen LogP contribution is -2.34. The molecular weight excluding hydrogens is 212 g/mol. The predicted molar refractivity (Wildman–Crippen MR) is 71.9 cm³/mol. The van der Waals surface area contributed by atoms with Gasteiger partial charge in [-0.05, 0) is 31.6 Å². The largest absolute Gasteiger partial charge is 0.353 e. The molecule has 1 rings (SSSR count). The quantitative estimate of drug-likeness (QED) is 0.650. The van der Waals surface area contributed by atoms with Crippen molar-refractivity contribution < 1.29 is 4.79 Å². The summed E-state index contributed by atoms with van der Waals surface area (Å²) >= 11 is 0. The first-order valence-electron chi connectivity index (χ1n) is 7.18. The van der Waals surface area contributed by atoms with Crippen LogP contribution in [-0.4, -0.2) is 24.5 Å². The van der Waals surface area contributed by atoms with E-state index < -0.39 is 0 Å². The van der Waals surface area contributed by atoms with Crippen LogP contribution in [0.2, 0.25) is 0 Å². The van der Waals surface area contributed by atoms with Crippen LogP contribution in [0, 0.1) is 5.92 Å². The molecule has 1 aliphatic rings. The van der Waals surface area contributed by atoms with Crippen LogP contribution < -0.4 is 10.6 Å². The van der Waals surface area contributed by atoms with Gasteiger partial charge < -0.3 is 10.6 Å². The summed E-state index contributed by atoms with van der Waals surface area (Å²) in [5, 5.41) is 6.52. The highest BCUT2D eigenvalue weighted by molar-refractivity contribution is 5.76. The van der Waals surface area contributed by atoms with Crippen LogP contribution in [0.15, 0.2) is 0 Å². The molecule has 2 unspecified atom stereocenters. The van der Waals surface area contributed by atoms with Gasteiger partial charge >= 0.3 is 0 Å². The summed E-state index contributed by atoms with van der Waals surface area (Å²) in [7, 11) is 0. The summed E-state index contributed by atoms with van der Waals surface area (Å²) < 4.78 is 0. The molecule has 17 heavy (non-hydrogen) atoms. The van der Waals surface area contributed by atoms with Crippen LogP contribution in [0.5, 0.6) is 0 Å². The highest BCUT2D eigenvalue weighted by Gasteiger charge is 2.22. The van der Waals surface area contributed by atoms with Gasteiger partial charge in [0.05, 0.1) is 0 Å². The molecule has 100 valence electrons. The number of hydrogen-bond donors (Lipinski definition) is 2. The molecule has 0 spiro atoms. The minimum absolute atomic E-state index is 0.207. The third-order valence-electron chi connectivity index (χ3n) is 3.60. The third kappa shape index (κ3) is 6.67. The van der Waals surface area contributed by atoms with E-state index in [1.807, 2.05) is 0 Å². The Morgan fingerprint density at radius 2 is 2.00 bits per heavy atom. The van der Waals surface area contributed by atoms with E-state index >= 15 is 0 Å². The second-order valence-corrected chi connectivity index (χ2v) is 5.40.